The van der Waals surface area contributed by atoms with Crippen LogP contribution in [0.3, 0.4) is 0 Å². The van der Waals surface area contributed by atoms with Crippen LogP contribution in [0.5, 0.6) is 0 Å². The highest BCUT2D eigenvalue weighted by Crippen LogP contribution is 2.29. The van der Waals surface area contributed by atoms with Crippen LogP contribution in [0.4, 0.5) is 0 Å². The Balaban J connectivity index is 1.66. The van der Waals surface area contributed by atoms with Crippen molar-refractivity contribution >= 4 is 0 Å². The van der Waals surface area contributed by atoms with Crippen LogP contribution in [-0.2, 0) is 0 Å². The van der Waals surface area contributed by atoms with Gasteiger partial charge < -0.3 is 5.32 Å². The number of nitrogens with one attached hydrogen (secondary N) is 1. The van der Waals surface area contributed by atoms with Crippen molar-refractivity contribution < 1.29 is 0 Å². The average Bonchev–Trinajstić information content (AvgIpc) is 3.09. The van der Waals surface area contributed by atoms with Crippen LogP contribution in [-0.4, -0.2) is 12.6 Å². The molecule has 84 valence electrons. The lowest BCUT2D eigenvalue weighted by Crippen LogP contribution is -2.32. The lowest BCUT2D eigenvalue weighted by molar-refractivity contribution is 0.316. The first-order valence-electron chi connectivity index (χ1n) is 6.51. The highest BCUT2D eigenvalue weighted by atomic mass is 14.9. The van der Waals surface area contributed by atoms with Gasteiger partial charge in [0.2, 0.25) is 0 Å². The smallest absolute Gasteiger partial charge is 0.0955 e. The minimum absolute atomic E-state index is 0.119. The Morgan fingerprint density at radius 1 is 1.07 bits per heavy atom. The molecule has 0 bridgehead atoms. The van der Waals surface area contributed by atoms with Gasteiger partial charge in [0, 0.05) is 0 Å². The van der Waals surface area contributed by atoms with Crippen LogP contribution in [0.25, 0.3) is 0 Å². The minimum atomic E-state index is 0.119. The lowest BCUT2D eigenvalue weighted by atomic mass is 9.85. The SMILES string of the molecule is N#CC(CC1CCCCC1)NCC1CC1. The van der Waals surface area contributed by atoms with Gasteiger partial charge in [-0.3, -0.25) is 0 Å². The van der Waals surface area contributed by atoms with E-state index in [0.717, 1.165) is 24.8 Å². The Bertz CT molecular complexity index is 221. The highest BCUT2D eigenvalue weighted by Gasteiger charge is 2.23. The van der Waals surface area contributed by atoms with E-state index in [1.807, 2.05) is 0 Å². The van der Waals surface area contributed by atoms with Crippen molar-refractivity contribution in [3.63, 3.8) is 0 Å². The molecule has 1 N–H and O–H groups in total. The van der Waals surface area contributed by atoms with Gasteiger partial charge in [0.25, 0.3) is 0 Å². The number of rotatable bonds is 5. The molecule has 2 heteroatoms. The van der Waals surface area contributed by atoms with Crippen LogP contribution in [0.15, 0.2) is 0 Å². The third-order valence-electron chi connectivity index (χ3n) is 3.80. The second kappa shape index (κ2) is 5.51. The van der Waals surface area contributed by atoms with Crippen molar-refractivity contribution in [2.45, 2.75) is 57.4 Å². The van der Waals surface area contributed by atoms with Crippen molar-refractivity contribution in [3.8, 4) is 6.07 Å². The second-order valence-corrected chi connectivity index (χ2v) is 5.27. The van der Waals surface area contributed by atoms with E-state index in [1.54, 1.807) is 0 Å². The fourth-order valence-electron chi connectivity index (χ4n) is 2.57. The zero-order valence-electron chi connectivity index (χ0n) is 9.54. The van der Waals surface area contributed by atoms with Gasteiger partial charge in [0.1, 0.15) is 0 Å². The number of nitrogens with zero attached hydrogens (tertiary/aromatic N) is 1. The molecule has 0 aromatic rings. The summed E-state index contributed by atoms with van der Waals surface area (Å²) in [6.45, 7) is 1.07. The van der Waals surface area contributed by atoms with Crippen molar-refractivity contribution in [2.75, 3.05) is 6.54 Å². The molecule has 2 aliphatic rings. The first kappa shape index (κ1) is 11.0. The summed E-state index contributed by atoms with van der Waals surface area (Å²) in [7, 11) is 0. The molecule has 2 nitrogen and oxygen atoms in total. The van der Waals surface area contributed by atoms with Crippen LogP contribution in [0.2, 0.25) is 0 Å². The first-order chi connectivity index (χ1) is 7.38. The van der Waals surface area contributed by atoms with E-state index in [0.29, 0.717) is 0 Å². The largest absolute Gasteiger partial charge is 0.302 e. The molecule has 0 aromatic heterocycles. The molecule has 0 heterocycles. The van der Waals surface area contributed by atoms with Gasteiger partial charge in [0.05, 0.1) is 12.1 Å². The molecular weight excluding hydrogens is 184 g/mol. The quantitative estimate of drug-likeness (QED) is 0.750. The lowest BCUT2D eigenvalue weighted by Gasteiger charge is -2.23. The number of hydrogen-bond donors (Lipinski definition) is 1. The summed E-state index contributed by atoms with van der Waals surface area (Å²) >= 11 is 0. The van der Waals surface area contributed by atoms with E-state index >= 15 is 0 Å². The molecule has 2 saturated carbocycles. The molecule has 0 spiro atoms. The molecule has 0 radical (unpaired) electrons. The summed E-state index contributed by atoms with van der Waals surface area (Å²) < 4.78 is 0. The Labute approximate surface area is 93.0 Å². The maximum Gasteiger partial charge on any atom is 0.0955 e. The third kappa shape index (κ3) is 3.83. The van der Waals surface area contributed by atoms with E-state index in [1.165, 1.54) is 44.9 Å². The van der Waals surface area contributed by atoms with E-state index in [2.05, 4.69) is 11.4 Å². The zero-order valence-corrected chi connectivity index (χ0v) is 9.54. The van der Waals surface area contributed by atoms with Gasteiger partial charge in [0.15, 0.2) is 0 Å². The van der Waals surface area contributed by atoms with Gasteiger partial charge in [-0.15, -0.1) is 0 Å². The molecule has 1 unspecified atom stereocenters. The van der Waals surface area contributed by atoms with Crippen LogP contribution in [0, 0.1) is 23.2 Å². The Kier molecular flexibility index (Phi) is 4.02. The van der Waals surface area contributed by atoms with Gasteiger partial charge >= 0.3 is 0 Å². The van der Waals surface area contributed by atoms with Gasteiger partial charge in [-0.05, 0) is 37.6 Å². The van der Waals surface area contributed by atoms with Crippen LogP contribution < -0.4 is 5.32 Å². The number of nitriles is 1. The minimum Gasteiger partial charge on any atom is -0.302 e. The summed E-state index contributed by atoms with van der Waals surface area (Å²) in [5, 5.41) is 12.5. The van der Waals surface area contributed by atoms with Gasteiger partial charge in [-0.25, -0.2) is 0 Å². The molecule has 15 heavy (non-hydrogen) atoms. The van der Waals surface area contributed by atoms with E-state index in [-0.39, 0.29) is 6.04 Å². The summed E-state index contributed by atoms with van der Waals surface area (Å²) in [4.78, 5) is 0. The molecule has 2 fully saturated rings. The summed E-state index contributed by atoms with van der Waals surface area (Å²) in [6, 6.07) is 2.54. The average molecular weight is 206 g/mol. The fourth-order valence-corrected chi connectivity index (χ4v) is 2.57. The number of hydrogen-bond acceptors (Lipinski definition) is 2. The predicted molar refractivity (Wildman–Crippen MR) is 61.3 cm³/mol. The van der Waals surface area contributed by atoms with Gasteiger partial charge in [-0.2, -0.15) is 5.26 Å². The maximum absolute atomic E-state index is 9.08. The molecule has 0 amide bonds. The molecular formula is C13H22N2. The van der Waals surface area contributed by atoms with Crippen molar-refractivity contribution in [3.05, 3.63) is 0 Å². The molecule has 0 saturated heterocycles. The molecule has 2 aliphatic carbocycles. The molecule has 2 rings (SSSR count). The second-order valence-electron chi connectivity index (χ2n) is 5.27. The zero-order chi connectivity index (χ0) is 10.5. The first-order valence-corrected chi connectivity index (χ1v) is 6.51. The molecule has 0 aliphatic heterocycles. The fraction of sp³-hybridized carbons (Fsp3) is 0.923. The van der Waals surface area contributed by atoms with Crippen LogP contribution in [0.1, 0.15) is 51.4 Å². The van der Waals surface area contributed by atoms with E-state index in [9.17, 15) is 0 Å². The molecule has 0 aromatic carbocycles. The predicted octanol–water partition coefficient (Wildman–Crippen LogP) is 2.85. The summed E-state index contributed by atoms with van der Waals surface area (Å²) in [5.74, 6) is 1.70. The topological polar surface area (TPSA) is 35.8 Å². The van der Waals surface area contributed by atoms with Crippen molar-refractivity contribution in [2.24, 2.45) is 11.8 Å². The summed E-state index contributed by atoms with van der Waals surface area (Å²) in [5.41, 5.74) is 0. The van der Waals surface area contributed by atoms with Gasteiger partial charge in [-0.1, -0.05) is 32.1 Å². The van der Waals surface area contributed by atoms with Crippen LogP contribution >= 0.6 is 0 Å². The molecule has 1 atom stereocenters. The van der Waals surface area contributed by atoms with E-state index in [4.69, 9.17) is 5.26 Å². The normalized spacial score (nSPS) is 24.7. The highest BCUT2D eigenvalue weighted by molar-refractivity contribution is 4.93. The third-order valence-corrected chi connectivity index (χ3v) is 3.80. The Morgan fingerprint density at radius 2 is 1.80 bits per heavy atom. The standard InChI is InChI=1S/C13H22N2/c14-9-13(15-10-12-6-7-12)8-11-4-2-1-3-5-11/h11-13,15H,1-8,10H2. The van der Waals surface area contributed by atoms with E-state index < -0.39 is 0 Å². The van der Waals surface area contributed by atoms with Crippen molar-refractivity contribution in [1.29, 1.82) is 5.26 Å². The van der Waals surface area contributed by atoms with Crippen molar-refractivity contribution in [1.82, 2.24) is 5.32 Å². The summed E-state index contributed by atoms with van der Waals surface area (Å²) in [6.07, 6.45) is 10.7. The Morgan fingerprint density at radius 3 is 2.40 bits per heavy atom. The Hall–Kier alpha value is -0.550. The maximum atomic E-state index is 9.08. The monoisotopic (exact) mass is 206 g/mol.